The zero-order valence-corrected chi connectivity index (χ0v) is 23.7. The Morgan fingerprint density at radius 1 is 1.07 bits per heavy atom. The van der Waals surface area contributed by atoms with Crippen LogP contribution in [-0.2, 0) is 25.2 Å². The Hall–Kier alpha value is -4.20. The number of nitrogens with zero attached hydrogens (tertiary/aromatic N) is 4. The summed E-state index contributed by atoms with van der Waals surface area (Å²) < 4.78 is 67.9. The molecule has 1 amide bonds. The number of rotatable bonds is 11. The van der Waals surface area contributed by atoms with Gasteiger partial charge >= 0.3 is 12.1 Å². The number of halogens is 5. The van der Waals surface area contributed by atoms with Gasteiger partial charge in [0.15, 0.2) is 0 Å². The monoisotopic (exact) mass is 606 g/mol. The van der Waals surface area contributed by atoms with E-state index in [2.05, 4.69) is 30.5 Å². The first kappa shape index (κ1) is 31.7. The number of fused-ring (bicyclic) bond motifs is 1. The molecule has 3 aromatic rings. The number of anilines is 2. The minimum Gasteiger partial charge on any atom is -0.477 e. The molecule has 1 aromatic carbocycles. The zero-order valence-electron chi connectivity index (χ0n) is 23.7. The lowest BCUT2D eigenvalue weighted by atomic mass is 10.0. The fourth-order valence-electron chi connectivity index (χ4n) is 4.99. The highest BCUT2D eigenvalue weighted by atomic mass is 19.4. The quantitative estimate of drug-likeness (QED) is 0.223. The molecule has 0 saturated heterocycles. The average Bonchev–Trinajstić information content (AvgIpc) is 3.35. The van der Waals surface area contributed by atoms with Gasteiger partial charge in [0.25, 0.3) is 11.8 Å². The van der Waals surface area contributed by atoms with E-state index >= 15 is 0 Å². The van der Waals surface area contributed by atoms with Crippen LogP contribution in [-0.4, -0.2) is 48.9 Å². The van der Waals surface area contributed by atoms with Crippen LogP contribution in [0.3, 0.4) is 0 Å². The molecule has 0 radical (unpaired) electrons. The Bertz CT molecular complexity index is 1460. The Morgan fingerprint density at radius 2 is 1.79 bits per heavy atom. The minimum atomic E-state index is -4.82. The number of aromatic carboxylic acids is 1. The summed E-state index contributed by atoms with van der Waals surface area (Å²) in [4.78, 5) is 38.5. The average molecular weight is 607 g/mol. The highest BCUT2D eigenvalue weighted by Gasteiger charge is 2.35. The van der Waals surface area contributed by atoms with E-state index < -0.39 is 35.1 Å². The van der Waals surface area contributed by atoms with E-state index in [0.29, 0.717) is 38.2 Å². The summed E-state index contributed by atoms with van der Waals surface area (Å²) >= 11 is 0. The van der Waals surface area contributed by atoms with Crippen LogP contribution >= 0.6 is 0 Å². The van der Waals surface area contributed by atoms with Gasteiger partial charge in [-0.25, -0.2) is 28.5 Å². The molecule has 4 rings (SSSR count). The van der Waals surface area contributed by atoms with E-state index in [0.717, 1.165) is 30.5 Å². The van der Waals surface area contributed by atoms with Crippen molar-refractivity contribution in [2.24, 2.45) is 0 Å². The summed E-state index contributed by atoms with van der Waals surface area (Å²) in [6.45, 7) is 5.36. The summed E-state index contributed by atoms with van der Waals surface area (Å²) in [7, 11) is 0. The van der Waals surface area contributed by atoms with Crippen molar-refractivity contribution in [2.45, 2.75) is 77.3 Å². The molecule has 0 saturated carbocycles. The molecule has 43 heavy (non-hydrogen) atoms. The van der Waals surface area contributed by atoms with Gasteiger partial charge < -0.3 is 15.7 Å². The molecular formula is C29H31F5N6O3. The lowest BCUT2D eigenvalue weighted by Gasteiger charge is -2.29. The number of aromatic nitrogens is 3. The molecule has 0 fully saturated rings. The van der Waals surface area contributed by atoms with Gasteiger partial charge in [0, 0.05) is 66.9 Å². The van der Waals surface area contributed by atoms with Crippen molar-refractivity contribution in [3.05, 3.63) is 76.4 Å². The fourth-order valence-corrected chi connectivity index (χ4v) is 4.99. The Balaban J connectivity index is 1.45. The molecule has 3 N–H and O–H groups in total. The van der Waals surface area contributed by atoms with E-state index in [1.54, 1.807) is 6.20 Å². The third-order valence-corrected chi connectivity index (χ3v) is 7.09. The SMILES string of the molecule is CCC[C@H](C[C@@H](C)NC(=O)c1ccnc(C(=O)O)c1)N1Cc2cnc(Nc3cc(C(C)(F)F)cc(C(F)(F)F)c3)nc2C1. The van der Waals surface area contributed by atoms with Gasteiger partial charge in [-0.2, -0.15) is 13.2 Å². The third-order valence-electron chi connectivity index (χ3n) is 7.09. The van der Waals surface area contributed by atoms with Crippen molar-refractivity contribution in [3.8, 4) is 0 Å². The van der Waals surface area contributed by atoms with Crippen molar-refractivity contribution in [1.82, 2.24) is 25.2 Å². The second kappa shape index (κ2) is 12.6. The topological polar surface area (TPSA) is 120 Å². The van der Waals surface area contributed by atoms with E-state index in [1.807, 2.05) is 13.8 Å². The van der Waals surface area contributed by atoms with E-state index in [1.165, 1.54) is 18.3 Å². The number of carboxylic acids is 1. The molecule has 2 atom stereocenters. The van der Waals surface area contributed by atoms with Gasteiger partial charge in [0.05, 0.1) is 11.3 Å². The van der Waals surface area contributed by atoms with Gasteiger partial charge in [-0.05, 0) is 50.1 Å². The summed E-state index contributed by atoms with van der Waals surface area (Å²) in [6, 6.07) is 4.53. The van der Waals surface area contributed by atoms with E-state index in [4.69, 9.17) is 5.11 Å². The van der Waals surface area contributed by atoms with Crippen LogP contribution in [0.5, 0.6) is 0 Å². The molecule has 3 heterocycles. The van der Waals surface area contributed by atoms with E-state index in [-0.39, 0.29) is 35.0 Å². The van der Waals surface area contributed by atoms with Crippen LogP contribution in [0.2, 0.25) is 0 Å². The van der Waals surface area contributed by atoms with Crippen molar-refractivity contribution in [2.75, 3.05) is 5.32 Å². The number of carboxylic acid groups (broad SMARTS) is 1. The van der Waals surface area contributed by atoms with Crippen molar-refractivity contribution < 1.29 is 36.6 Å². The van der Waals surface area contributed by atoms with Gasteiger partial charge in [-0.15, -0.1) is 0 Å². The number of amides is 1. The predicted octanol–water partition coefficient (Wildman–Crippen LogP) is 6.14. The number of hydrogen-bond donors (Lipinski definition) is 3. The molecule has 9 nitrogen and oxygen atoms in total. The number of nitrogens with one attached hydrogen (secondary N) is 2. The number of alkyl halides is 5. The number of benzene rings is 1. The number of carbonyl (C=O) groups is 2. The number of carbonyl (C=O) groups excluding carboxylic acids is 1. The molecular weight excluding hydrogens is 575 g/mol. The second-order valence-electron chi connectivity index (χ2n) is 10.7. The van der Waals surface area contributed by atoms with Gasteiger partial charge in [0.2, 0.25) is 5.95 Å². The Labute approximate surface area is 244 Å². The normalized spacial score (nSPS) is 15.1. The molecule has 14 heteroatoms. The maximum Gasteiger partial charge on any atom is 0.416 e. The smallest absolute Gasteiger partial charge is 0.416 e. The van der Waals surface area contributed by atoms with E-state index in [9.17, 15) is 31.5 Å². The lowest BCUT2D eigenvalue weighted by molar-refractivity contribution is -0.137. The molecule has 1 aliphatic rings. The largest absolute Gasteiger partial charge is 0.477 e. The first-order chi connectivity index (χ1) is 20.1. The van der Waals surface area contributed by atoms with Crippen LogP contribution in [0.15, 0.2) is 42.7 Å². The maximum absolute atomic E-state index is 13.9. The lowest BCUT2D eigenvalue weighted by Crippen LogP contribution is -2.40. The second-order valence-corrected chi connectivity index (χ2v) is 10.7. The number of hydrogen-bond acceptors (Lipinski definition) is 7. The van der Waals surface area contributed by atoms with Crippen LogP contribution in [0.1, 0.15) is 83.3 Å². The highest BCUT2D eigenvalue weighted by Crippen LogP contribution is 2.37. The summed E-state index contributed by atoms with van der Waals surface area (Å²) in [6.07, 6.45) is 0.264. The Kier molecular flexibility index (Phi) is 9.28. The maximum atomic E-state index is 13.9. The van der Waals surface area contributed by atoms with Crippen LogP contribution in [0.25, 0.3) is 0 Å². The molecule has 0 aliphatic carbocycles. The first-order valence-electron chi connectivity index (χ1n) is 13.6. The predicted molar refractivity (Wildman–Crippen MR) is 147 cm³/mol. The van der Waals surface area contributed by atoms with Crippen LogP contribution in [0, 0.1) is 0 Å². The van der Waals surface area contributed by atoms with Crippen molar-refractivity contribution in [3.63, 3.8) is 0 Å². The summed E-state index contributed by atoms with van der Waals surface area (Å²) in [5, 5.41) is 14.7. The summed E-state index contributed by atoms with van der Waals surface area (Å²) in [5.74, 6) is -5.15. The van der Waals surface area contributed by atoms with Crippen LogP contribution in [0.4, 0.5) is 33.6 Å². The number of pyridine rings is 1. The molecule has 2 aromatic heterocycles. The van der Waals surface area contributed by atoms with Gasteiger partial charge in [-0.1, -0.05) is 13.3 Å². The van der Waals surface area contributed by atoms with Crippen molar-refractivity contribution in [1.29, 1.82) is 0 Å². The fraction of sp³-hybridized carbons (Fsp3) is 0.414. The third kappa shape index (κ3) is 8.00. The highest BCUT2D eigenvalue weighted by molar-refractivity contribution is 5.96. The molecule has 230 valence electrons. The standard InChI is InChI=1S/C29H31F5N6O3/c1-4-5-22(8-16(2)37-25(41)17-6-7-35-23(9-17)26(42)43)40-14-18-13-36-27(39-24(18)15-40)38-21-11-19(28(3,30)31)10-20(12-21)29(32,33)34/h6-7,9-13,16,22H,4-5,8,14-15H2,1-3H3,(H,37,41)(H,42,43)(H,36,38,39)/t16-,22-/m1/s1. The molecule has 0 bridgehead atoms. The first-order valence-corrected chi connectivity index (χ1v) is 13.6. The van der Waals surface area contributed by atoms with Crippen LogP contribution < -0.4 is 10.6 Å². The molecule has 0 unspecified atom stereocenters. The molecule has 0 spiro atoms. The minimum absolute atomic E-state index is 0.0175. The Morgan fingerprint density at radius 3 is 2.44 bits per heavy atom. The zero-order chi connectivity index (χ0) is 31.5. The van der Waals surface area contributed by atoms with Gasteiger partial charge in [0.1, 0.15) is 5.69 Å². The van der Waals surface area contributed by atoms with Gasteiger partial charge in [-0.3, -0.25) is 9.69 Å². The summed E-state index contributed by atoms with van der Waals surface area (Å²) in [5.41, 5.74) is -0.772. The molecule has 1 aliphatic heterocycles. The van der Waals surface area contributed by atoms with Crippen molar-refractivity contribution >= 4 is 23.5 Å².